The lowest BCUT2D eigenvalue weighted by atomic mass is 10.3. The maximum Gasteiger partial charge on any atom is 0.175 e. The Kier molecular flexibility index (Phi) is 5.26. The van der Waals surface area contributed by atoms with Crippen LogP contribution < -0.4 is 15.4 Å². The van der Waals surface area contributed by atoms with Crippen molar-refractivity contribution >= 4 is 40.5 Å². The Bertz CT molecular complexity index is 585. The fourth-order valence-corrected chi connectivity index (χ4v) is 2.31. The highest BCUT2D eigenvalue weighted by atomic mass is 32.2. The highest BCUT2D eigenvalue weighted by Gasteiger charge is 2.00. The minimum Gasteiger partial charge on any atom is -0.497 e. The molecule has 5 heteroatoms. The molecule has 0 radical (unpaired) electrons. The van der Waals surface area contributed by atoms with Crippen molar-refractivity contribution in [2.75, 3.05) is 24.0 Å². The van der Waals surface area contributed by atoms with Gasteiger partial charge >= 0.3 is 0 Å². The van der Waals surface area contributed by atoms with E-state index in [4.69, 9.17) is 17.0 Å². The number of thioether (sulfide) groups is 1. The van der Waals surface area contributed by atoms with E-state index in [1.54, 1.807) is 18.9 Å². The molecule has 0 bridgehead atoms. The SMILES string of the molecule is COc1cccc(NC(=S)Nc2ccc(SC)cc2)c1. The monoisotopic (exact) mass is 304 g/mol. The van der Waals surface area contributed by atoms with E-state index < -0.39 is 0 Å². The van der Waals surface area contributed by atoms with E-state index in [1.807, 2.05) is 36.4 Å². The normalized spacial score (nSPS) is 9.90. The van der Waals surface area contributed by atoms with Crippen LogP contribution in [0.2, 0.25) is 0 Å². The molecule has 2 aromatic carbocycles. The quantitative estimate of drug-likeness (QED) is 0.652. The lowest BCUT2D eigenvalue weighted by Crippen LogP contribution is -2.18. The van der Waals surface area contributed by atoms with Gasteiger partial charge < -0.3 is 15.4 Å². The van der Waals surface area contributed by atoms with Crippen molar-refractivity contribution < 1.29 is 4.74 Å². The van der Waals surface area contributed by atoms with Crippen molar-refractivity contribution in [2.24, 2.45) is 0 Å². The van der Waals surface area contributed by atoms with Gasteiger partial charge in [0, 0.05) is 22.3 Å². The third-order valence-corrected chi connectivity index (χ3v) is 3.62. The van der Waals surface area contributed by atoms with E-state index in [1.165, 1.54) is 4.90 Å². The average molecular weight is 304 g/mol. The number of rotatable bonds is 4. The molecule has 0 saturated carbocycles. The largest absolute Gasteiger partial charge is 0.497 e. The third kappa shape index (κ3) is 4.15. The van der Waals surface area contributed by atoms with Crippen LogP contribution >= 0.6 is 24.0 Å². The summed E-state index contributed by atoms with van der Waals surface area (Å²) in [7, 11) is 1.64. The summed E-state index contributed by atoms with van der Waals surface area (Å²) < 4.78 is 5.17. The van der Waals surface area contributed by atoms with Gasteiger partial charge in [0.15, 0.2) is 5.11 Å². The Morgan fingerprint density at radius 1 is 1.05 bits per heavy atom. The number of ether oxygens (including phenoxy) is 1. The zero-order valence-corrected chi connectivity index (χ0v) is 13.0. The molecule has 0 atom stereocenters. The van der Waals surface area contributed by atoms with E-state index in [-0.39, 0.29) is 0 Å². The van der Waals surface area contributed by atoms with Gasteiger partial charge in [-0.05, 0) is 54.9 Å². The highest BCUT2D eigenvalue weighted by Crippen LogP contribution is 2.19. The minimum absolute atomic E-state index is 0.551. The van der Waals surface area contributed by atoms with Crippen molar-refractivity contribution in [3.8, 4) is 5.75 Å². The number of benzene rings is 2. The second-order valence-corrected chi connectivity index (χ2v) is 5.33. The molecule has 0 saturated heterocycles. The Balaban J connectivity index is 1.97. The fourth-order valence-electron chi connectivity index (χ4n) is 1.67. The van der Waals surface area contributed by atoms with Crippen LogP contribution in [0.5, 0.6) is 5.75 Å². The highest BCUT2D eigenvalue weighted by molar-refractivity contribution is 7.98. The molecule has 0 aromatic heterocycles. The molecule has 104 valence electrons. The molecule has 0 aliphatic rings. The first-order valence-corrected chi connectivity index (χ1v) is 7.70. The number of methoxy groups -OCH3 is 1. The second kappa shape index (κ2) is 7.17. The van der Waals surface area contributed by atoms with Gasteiger partial charge in [0.1, 0.15) is 5.75 Å². The molecular formula is C15H16N2OS2. The maximum atomic E-state index is 5.29. The van der Waals surface area contributed by atoms with Gasteiger partial charge in [-0.2, -0.15) is 0 Å². The van der Waals surface area contributed by atoms with Crippen LogP contribution in [-0.2, 0) is 0 Å². The van der Waals surface area contributed by atoms with Crippen molar-refractivity contribution in [1.29, 1.82) is 0 Å². The van der Waals surface area contributed by atoms with Gasteiger partial charge in [-0.3, -0.25) is 0 Å². The van der Waals surface area contributed by atoms with Crippen LogP contribution in [0.4, 0.5) is 11.4 Å². The summed E-state index contributed by atoms with van der Waals surface area (Å²) in [5, 5.41) is 6.83. The number of hydrogen-bond donors (Lipinski definition) is 2. The van der Waals surface area contributed by atoms with Crippen molar-refractivity contribution in [1.82, 2.24) is 0 Å². The van der Waals surface area contributed by atoms with Gasteiger partial charge in [-0.1, -0.05) is 6.07 Å². The topological polar surface area (TPSA) is 33.3 Å². The summed E-state index contributed by atoms with van der Waals surface area (Å²) in [6.45, 7) is 0. The predicted molar refractivity (Wildman–Crippen MR) is 91.1 cm³/mol. The molecule has 2 aromatic rings. The Morgan fingerprint density at radius 3 is 2.40 bits per heavy atom. The van der Waals surface area contributed by atoms with Crippen LogP contribution in [-0.4, -0.2) is 18.5 Å². The summed E-state index contributed by atoms with van der Waals surface area (Å²) in [5.74, 6) is 0.794. The predicted octanol–water partition coefficient (Wildman–Crippen LogP) is 4.23. The molecule has 0 fully saturated rings. The molecule has 20 heavy (non-hydrogen) atoms. The van der Waals surface area contributed by atoms with Gasteiger partial charge in [0.2, 0.25) is 0 Å². The first-order chi connectivity index (χ1) is 9.71. The smallest absolute Gasteiger partial charge is 0.175 e. The van der Waals surface area contributed by atoms with Crippen LogP contribution in [0.3, 0.4) is 0 Å². The van der Waals surface area contributed by atoms with Gasteiger partial charge in [0.25, 0.3) is 0 Å². The third-order valence-electron chi connectivity index (χ3n) is 2.68. The standard InChI is InChI=1S/C15H16N2OS2/c1-18-13-5-3-4-12(10-13)17-15(19)16-11-6-8-14(20-2)9-7-11/h3-10H,1-2H3,(H2,16,17,19). The molecule has 0 amide bonds. The summed E-state index contributed by atoms with van der Waals surface area (Å²) in [6, 6.07) is 15.8. The Hall–Kier alpha value is -1.72. The van der Waals surface area contributed by atoms with Crippen LogP contribution in [0, 0.1) is 0 Å². The van der Waals surface area contributed by atoms with Crippen LogP contribution in [0.25, 0.3) is 0 Å². The lowest BCUT2D eigenvalue weighted by molar-refractivity contribution is 0.415. The zero-order valence-electron chi connectivity index (χ0n) is 11.3. The molecule has 0 aliphatic heterocycles. The lowest BCUT2D eigenvalue weighted by Gasteiger charge is -2.11. The zero-order chi connectivity index (χ0) is 14.4. The van der Waals surface area contributed by atoms with E-state index in [0.29, 0.717) is 5.11 Å². The average Bonchev–Trinajstić information content (AvgIpc) is 2.48. The van der Waals surface area contributed by atoms with Gasteiger partial charge in [-0.25, -0.2) is 0 Å². The van der Waals surface area contributed by atoms with Crippen LogP contribution in [0.15, 0.2) is 53.4 Å². The van der Waals surface area contributed by atoms with Gasteiger partial charge in [-0.15, -0.1) is 11.8 Å². The number of anilines is 2. The first-order valence-electron chi connectivity index (χ1n) is 6.07. The van der Waals surface area contributed by atoms with Crippen molar-refractivity contribution in [2.45, 2.75) is 4.90 Å². The van der Waals surface area contributed by atoms with Gasteiger partial charge in [0.05, 0.1) is 7.11 Å². The molecule has 0 spiro atoms. The molecule has 0 aliphatic carbocycles. The van der Waals surface area contributed by atoms with E-state index in [0.717, 1.165) is 17.1 Å². The Morgan fingerprint density at radius 2 is 1.75 bits per heavy atom. The molecule has 0 heterocycles. The molecular weight excluding hydrogens is 288 g/mol. The fraction of sp³-hybridized carbons (Fsp3) is 0.133. The summed E-state index contributed by atoms with van der Waals surface area (Å²) >= 11 is 7.00. The summed E-state index contributed by atoms with van der Waals surface area (Å²) in [4.78, 5) is 1.22. The van der Waals surface area contributed by atoms with Crippen LogP contribution in [0.1, 0.15) is 0 Å². The molecule has 0 unspecified atom stereocenters. The van der Waals surface area contributed by atoms with E-state index in [2.05, 4.69) is 29.0 Å². The van der Waals surface area contributed by atoms with Crippen molar-refractivity contribution in [3.05, 3.63) is 48.5 Å². The minimum atomic E-state index is 0.551. The van der Waals surface area contributed by atoms with E-state index in [9.17, 15) is 0 Å². The number of nitrogens with one attached hydrogen (secondary N) is 2. The number of hydrogen-bond acceptors (Lipinski definition) is 3. The summed E-state index contributed by atoms with van der Waals surface area (Å²) in [6.07, 6.45) is 2.05. The Labute approximate surface area is 128 Å². The molecule has 2 N–H and O–H groups in total. The number of thiocarbonyl (C=S) groups is 1. The molecule has 3 nitrogen and oxygen atoms in total. The molecule has 2 rings (SSSR count). The first kappa shape index (κ1) is 14.7. The maximum absolute atomic E-state index is 5.29. The summed E-state index contributed by atoms with van der Waals surface area (Å²) in [5.41, 5.74) is 1.85. The second-order valence-electron chi connectivity index (χ2n) is 4.04. The van der Waals surface area contributed by atoms with Crippen molar-refractivity contribution in [3.63, 3.8) is 0 Å². The van der Waals surface area contributed by atoms with E-state index >= 15 is 0 Å².